The van der Waals surface area contributed by atoms with Gasteiger partial charge in [0.15, 0.2) is 6.29 Å². The van der Waals surface area contributed by atoms with Crippen LogP contribution < -0.4 is 0 Å². The molecule has 0 radical (unpaired) electrons. The summed E-state index contributed by atoms with van der Waals surface area (Å²) < 4.78 is 16.0. The Hall–Kier alpha value is -0.820. The van der Waals surface area contributed by atoms with Crippen molar-refractivity contribution in [2.24, 2.45) is 0 Å². The fourth-order valence-corrected chi connectivity index (χ4v) is 0.963. The van der Waals surface area contributed by atoms with E-state index in [0.717, 1.165) is 0 Å². The van der Waals surface area contributed by atoms with Gasteiger partial charge in [0.25, 0.3) is 0 Å². The van der Waals surface area contributed by atoms with Gasteiger partial charge >= 0.3 is 0 Å². The molecule has 0 aliphatic heterocycles. The first kappa shape index (κ1) is 14.2. The lowest BCUT2D eigenvalue weighted by atomic mass is 10.4. The lowest BCUT2D eigenvalue weighted by Gasteiger charge is -2.16. The van der Waals surface area contributed by atoms with Crippen molar-refractivity contribution in [1.29, 1.82) is 0 Å². The fraction of sp³-hybridized carbons (Fsp3) is 0.667. The van der Waals surface area contributed by atoms with Gasteiger partial charge in [-0.3, -0.25) is 0 Å². The molecule has 0 atom stereocenters. The maximum absolute atomic E-state index is 5.36. The smallest absolute Gasteiger partial charge is 0.180 e. The lowest BCUT2D eigenvalue weighted by molar-refractivity contribution is -0.166. The molecule has 0 aromatic heterocycles. The van der Waals surface area contributed by atoms with Crippen molar-refractivity contribution in [3.05, 3.63) is 12.7 Å². The van der Waals surface area contributed by atoms with Crippen LogP contribution in [0.4, 0.5) is 0 Å². The molecular weight excluding hydrogens is 192 g/mol. The number of hydrogen-bond donors (Lipinski definition) is 0. The topological polar surface area (TPSA) is 27.7 Å². The molecule has 0 heterocycles. The van der Waals surface area contributed by atoms with Gasteiger partial charge < -0.3 is 14.2 Å². The van der Waals surface area contributed by atoms with Crippen molar-refractivity contribution in [3.63, 3.8) is 0 Å². The second kappa shape index (κ2) is 11.3. The van der Waals surface area contributed by atoms with Crippen molar-refractivity contribution in [2.45, 2.75) is 26.6 Å². The Labute approximate surface area is 92.4 Å². The molecule has 15 heavy (non-hydrogen) atoms. The fourth-order valence-electron chi connectivity index (χ4n) is 0.963. The maximum atomic E-state index is 5.36. The highest BCUT2D eigenvalue weighted by Crippen LogP contribution is 1.96. The summed E-state index contributed by atoms with van der Waals surface area (Å²) in [5, 5.41) is 0. The molecule has 0 fully saturated rings. The highest BCUT2D eigenvalue weighted by atomic mass is 16.7. The van der Waals surface area contributed by atoms with E-state index in [1.807, 2.05) is 13.8 Å². The van der Waals surface area contributed by atoms with Crippen LogP contribution in [-0.4, -0.2) is 32.7 Å². The van der Waals surface area contributed by atoms with Crippen LogP contribution in [0.2, 0.25) is 0 Å². The van der Waals surface area contributed by atoms with E-state index in [2.05, 4.69) is 18.4 Å². The number of hydrogen-bond acceptors (Lipinski definition) is 3. The molecular formula is C12H20O3. The molecule has 0 rings (SSSR count). The maximum Gasteiger partial charge on any atom is 0.180 e. The van der Waals surface area contributed by atoms with Crippen molar-refractivity contribution in [2.75, 3.05) is 26.4 Å². The van der Waals surface area contributed by atoms with E-state index < -0.39 is 0 Å². The summed E-state index contributed by atoms with van der Waals surface area (Å²) in [5.74, 6) is 5.66. The van der Waals surface area contributed by atoms with E-state index in [4.69, 9.17) is 14.2 Å². The summed E-state index contributed by atoms with van der Waals surface area (Å²) in [6.45, 7) is 9.67. The second-order valence-corrected chi connectivity index (χ2v) is 2.69. The van der Waals surface area contributed by atoms with Crippen LogP contribution in [0.25, 0.3) is 0 Å². The van der Waals surface area contributed by atoms with E-state index >= 15 is 0 Å². The molecule has 3 heteroatoms. The number of ether oxygens (including phenoxy) is 3. The van der Waals surface area contributed by atoms with Crippen LogP contribution in [0, 0.1) is 11.8 Å². The molecule has 0 spiro atoms. The molecule has 0 bridgehead atoms. The first-order valence-corrected chi connectivity index (χ1v) is 5.25. The molecule has 0 saturated heterocycles. The summed E-state index contributed by atoms with van der Waals surface area (Å²) in [4.78, 5) is 0. The summed E-state index contributed by atoms with van der Waals surface area (Å²) in [7, 11) is 0. The van der Waals surface area contributed by atoms with E-state index in [0.29, 0.717) is 32.8 Å². The Morgan fingerprint density at radius 3 is 2.47 bits per heavy atom. The molecule has 0 unspecified atom stereocenters. The first-order valence-electron chi connectivity index (χ1n) is 5.25. The molecule has 0 amide bonds. The van der Waals surface area contributed by atoms with E-state index in [9.17, 15) is 0 Å². The third-order valence-electron chi connectivity index (χ3n) is 1.53. The largest absolute Gasteiger partial charge is 0.375 e. The standard InChI is InChI=1S/C12H20O3/c1-4-7-8-9-10-13-11-12(14-5-2)15-6-3/h4,12H,1,5-6,9-11H2,2-3H3. The van der Waals surface area contributed by atoms with Gasteiger partial charge in [-0.05, 0) is 19.9 Å². The highest BCUT2D eigenvalue weighted by molar-refractivity contribution is 5.11. The third-order valence-corrected chi connectivity index (χ3v) is 1.53. The average Bonchev–Trinajstić information content (AvgIpc) is 2.24. The minimum atomic E-state index is -0.257. The Morgan fingerprint density at radius 2 is 1.93 bits per heavy atom. The van der Waals surface area contributed by atoms with Crippen molar-refractivity contribution in [1.82, 2.24) is 0 Å². The summed E-state index contributed by atoms with van der Waals surface area (Å²) in [6, 6.07) is 0. The predicted molar refractivity (Wildman–Crippen MR) is 60.4 cm³/mol. The molecule has 0 aliphatic rings. The molecule has 0 aromatic carbocycles. The third kappa shape index (κ3) is 9.48. The van der Waals surface area contributed by atoms with E-state index in [-0.39, 0.29) is 6.29 Å². The number of rotatable bonds is 8. The lowest BCUT2D eigenvalue weighted by Crippen LogP contribution is -2.23. The van der Waals surface area contributed by atoms with Gasteiger partial charge in [-0.25, -0.2) is 0 Å². The van der Waals surface area contributed by atoms with Crippen LogP contribution in [-0.2, 0) is 14.2 Å². The Morgan fingerprint density at radius 1 is 1.27 bits per heavy atom. The van der Waals surface area contributed by atoms with Gasteiger partial charge in [-0.2, -0.15) is 0 Å². The minimum Gasteiger partial charge on any atom is -0.375 e. The zero-order chi connectivity index (χ0) is 11.4. The van der Waals surface area contributed by atoms with Crippen LogP contribution >= 0.6 is 0 Å². The Bertz CT molecular complexity index is 197. The molecule has 86 valence electrons. The minimum absolute atomic E-state index is 0.257. The summed E-state index contributed by atoms with van der Waals surface area (Å²) >= 11 is 0. The molecule has 0 N–H and O–H groups in total. The highest BCUT2D eigenvalue weighted by Gasteiger charge is 2.06. The average molecular weight is 212 g/mol. The van der Waals surface area contributed by atoms with E-state index in [1.165, 1.54) is 0 Å². The van der Waals surface area contributed by atoms with Crippen LogP contribution in [0.3, 0.4) is 0 Å². The summed E-state index contributed by atoms with van der Waals surface area (Å²) in [6.07, 6.45) is 2.02. The predicted octanol–water partition coefficient (Wildman–Crippen LogP) is 1.98. The molecule has 0 saturated carbocycles. The van der Waals surface area contributed by atoms with Gasteiger partial charge in [0, 0.05) is 19.6 Å². The van der Waals surface area contributed by atoms with Crippen LogP contribution in [0.5, 0.6) is 0 Å². The van der Waals surface area contributed by atoms with Crippen LogP contribution in [0.1, 0.15) is 20.3 Å². The second-order valence-electron chi connectivity index (χ2n) is 2.69. The quantitative estimate of drug-likeness (QED) is 0.350. The SMILES string of the molecule is C=CC#CCCOCC(OCC)OCC. The van der Waals surface area contributed by atoms with Gasteiger partial charge in [-0.15, -0.1) is 0 Å². The molecule has 3 nitrogen and oxygen atoms in total. The van der Waals surface area contributed by atoms with E-state index in [1.54, 1.807) is 6.08 Å². The van der Waals surface area contributed by atoms with Gasteiger partial charge in [0.05, 0.1) is 13.2 Å². The van der Waals surface area contributed by atoms with Crippen molar-refractivity contribution < 1.29 is 14.2 Å². The van der Waals surface area contributed by atoms with Gasteiger partial charge in [0.2, 0.25) is 0 Å². The number of allylic oxidation sites excluding steroid dienone is 1. The molecule has 0 aliphatic carbocycles. The van der Waals surface area contributed by atoms with Crippen LogP contribution in [0.15, 0.2) is 12.7 Å². The van der Waals surface area contributed by atoms with Crippen molar-refractivity contribution >= 4 is 0 Å². The monoisotopic (exact) mass is 212 g/mol. The summed E-state index contributed by atoms with van der Waals surface area (Å²) in [5.41, 5.74) is 0. The van der Waals surface area contributed by atoms with Gasteiger partial charge in [-0.1, -0.05) is 18.4 Å². The zero-order valence-electron chi connectivity index (χ0n) is 9.62. The van der Waals surface area contributed by atoms with Gasteiger partial charge in [0.1, 0.15) is 0 Å². The molecule has 0 aromatic rings. The zero-order valence-corrected chi connectivity index (χ0v) is 9.62. The first-order chi connectivity index (χ1) is 7.35. The van der Waals surface area contributed by atoms with Crippen molar-refractivity contribution in [3.8, 4) is 11.8 Å². The normalized spacial score (nSPS) is 9.80. The Kier molecular flexibility index (Phi) is 10.6. The Balaban J connectivity index is 3.47.